The van der Waals surface area contributed by atoms with Gasteiger partial charge in [-0.3, -0.25) is 0 Å². The van der Waals surface area contributed by atoms with E-state index in [-0.39, 0.29) is 36.1 Å². The van der Waals surface area contributed by atoms with Crippen LogP contribution in [-0.2, 0) is 6.42 Å². The molecule has 118 valence electrons. The van der Waals surface area contributed by atoms with Gasteiger partial charge < -0.3 is 5.11 Å². The summed E-state index contributed by atoms with van der Waals surface area (Å²) in [5, 5.41) is 11.0. The van der Waals surface area contributed by atoms with Crippen LogP contribution >= 0.6 is 0 Å². The predicted molar refractivity (Wildman–Crippen MR) is 90.4 cm³/mol. The van der Waals surface area contributed by atoms with Crippen LogP contribution in [-0.4, -0.2) is 10.7 Å². The molecule has 0 bridgehead atoms. The highest BCUT2D eigenvalue weighted by molar-refractivity contribution is 5.15. The molecule has 1 aliphatic rings. The Labute approximate surface area is 137 Å². The maximum atomic E-state index is 11.0. The zero-order chi connectivity index (χ0) is 19.3. The summed E-state index contributed by atoms with van der Waals surface area (Å²) in [5.74, 6) is 0.147. The average molecular weight is 294 g/mol. The molecule has 1 atom stereocenters. The molecule has 0 amide bonds. The number of rotatable bonds is 8. The van der Waals surface area contributed by atoms with E-state index < -0.39 is 5.60 Å². The lowest BCUT2D eigenvalue weighted by Crippen LogP contribution is -2.34. The van der Waals surface area contributed by atoms with Gasteiger partial charge in [0.05, 0.1) is 12.5 Å². The van der Waals surface area contributed by atoms with Crippen molar-refractivity contribution in [3.63, 3.8) is 0 Å². The first-order chi connectivity index (χ1) is 12.3. The molecule has 1 nitrogen and oxygen atoms in total. The van der Waals surface area contributed by atoms with E-state index >= 15 is 0 Å². The van der Waals surface area contributed by atoms with E-state index in [2.05, 4.69) is 6.92 Å². The Hall–Kier alpha value is -0.820. The Morgan fingerprint density at radius 1 is 1.14 bits per heavy atom. The van der Waals surface area contributed by atoms with Crippen LogP contribution in [0.3, 0.4) is 0 Å². The molecular formula is C20H32O. The highest BCUT2D eigenvalue weighted by Crippen LogP contribution is 2.35. The summed E-state index contributed by atoms with van der Waals surface area (Å²) in [6.07, 6.45) is 10.2. The standard InChI is InChI=1S/C20H32O/c1-2-3-6-13-19(16-18-11-7-4-8-12-18)17-20(21)14-9-5-10-15-20/h4,7-8,11-12,19,21H,2-3,5-6,9-10,13-17H2,1H3/i4D,7D,8D,11D,12D. The summed E-state index contributed by atoms with van der Waals surface area (Å²) in [7, 11) is 0. The van der Waals surface area contributed by atoms with Gasteiger partial charge in [0.2, 0.25) is 0 Å². The third-order valence-corrected chi connectivity index (χ3v) is 4.71. The number of hydrogen-bond acceptors (Lipinski definition) is 1. The molecule has 1 aromatic rings. The normalized spacial score (nSPS) is 22.7. The zero-order valence-electron chi connectivity index (χ0n) is 18.3. The minimum Gasteiger partial charge on any atom is -0.390 e. The first-order valence-electron chi connectivity index (χ1n) is 11.1. The third kappa shape index (κ3) is 5.82. The van der Waals surface area contributed by atoms with E-state index in [0.29, 0.717) is 18.4 Å². The molecule has 1 aromatic carbocycles. The lowest BCUT2D eigenvalue weighted by Gasteiger charge is -2.35. The largest absolute Gasteiger partial charge is 0.390 e. The smallest absolute Gasteiger partial charge is 0.0650 e. The van der Waals surface area contributed by atoms with Crippen LogP contribution in [0.1, 0.15) is 83.5 Å². The first-order valence-corrected chi connectivity index (χ1v) is 8.57. The maximum absolute atomic E-state index is 11.0. The molecule has 1 aliphatic carbocycles. The van der Waals surface area contributed by atoms with Crippen LogP contribution in [0.15, 0.2) is 30.2 Å². The number of benzene rings is 1. The number of unbranched alkanes of at least 4 members (excludes halogenated alkanes) is 2. The second kappa shape index (κ2) is 8.58. The van der Waals surface area contributed by atoms with Gasteiger partial charge in [-0.05, 0) is 37.2 Å². The van der Waals surface area contributed by atoms with E-state index in [1.165, 1.54) is 6.42 Å². The lowest BCUT2D eigenvalue weighted by molar-refractivity contribution is -0.0188. The highest BCUT2D eigenvalue weighted by Gasteiger charge is 2.31. The van der Waals surface area contributed by atoms with Crippen molar-refractivity contribution in [2.24, 2.45) is 5.92 Å². The van der Waals surface area contributed by atoms with Crippen molar-refractivity contribution in [2.45, 2.75) is 83.2 Å². The molecule has 1 fully saturated rings. The molecule has 0 radical (unpaired) electrons. The number of aliphatic hydroxyl groups is 1. The van der Waals surface area contributed by atoms with Crippen LogP contribution in [0, 0.1) is 5.92 Å². The Morgan fingerprint density at radius 3 is 2.52 bits per heavy atom. The molecule has 1 heteroatoms. The fraction of sp³-hybridized carbons (Fsp3) is 0.700. The van der Waals surface area contributed by atoms with Crippen LogP contribution in [0.2, 0.25) is 0 Å². The van der Waals surface area contributed by atoms with Crippen molar-refractivity contribution in [1.29, 1.82) is 0 Å². The van der Waals surface area contributed by atoms with Crippen molar-refractivity contribution in [2.75, 3.05) is 0 Å². The van der Waals surface area contributed by atoms with Crippen molar-refractivity contribution in [3.8, 4) is 0 Å². The minimum absolute atomic E-state index is 0.0906. The van der Waals surface area contributed by atoms with E-state index in [1.54, 1.807) is 0 Å². The van der Waals surface area contributed by atoms with Crippen molar-refractivity contribution >= 4 is 0 Å². The molecule has 0 aromatic heterocycles. The Kier molecular flexibility index (Phi) is 4.43. The molecule has 1 saturated carbocycles. The predicted octanol–water partition coefficient (Wildman–Crippen LogP) is 5.51. The zero-order valence-corrected chi connectivity index (χ0v) is 13.3. The SMILES string of the molecule is [2H]c1c([2H])c([2H])c(CC(CCCCC)CC2(O)CCCCC2)c([2H])c1[2H]. The summed E-state index contributed by atoms with van der Waals surface area (Å²) in [6, 6.07) is -1.04. The van der Waals surface area contributed by atoms with Crippen LogP contribution in [0.25, 0.3) is 0 Å². The van der Waals surface area contributed by atoms with Gasteiger partial charge in [-0.1, -0.05) is 82.1 Å². The molecule has 21 heavy (non-hydrogen) atoms. The van der Waals surface area contributed by atoms with Gasteiger partial charge in [-0.25, -0.2) is 0 Å². The van der Waals surface area contributed by atoms with Crippen LogP contribution in [0.4, 0.5) is 0 Å². The molecule has 0 heterocycles. The van der Waals surface area contributed by atoms with E-state index in [0.717, 1.165) is 51.4 Å². The molecular weight excluding hydrogens is 256 g/mol. The van der Waals surface area contributed by atoms with Crippen LogP contribution in [0.5, 0.6) is 0 Å². The third-order valence-electron chi connectivity index (χ3n) is 4.71. The lowest BCUT2D eigenvalue weighted by atomic mass is 9.76. The van der Waals surface area contributed by atoms with Crippen LogP contribution < -0.4 is 0 Å². The second-order valence-electron chi connectivity index (χ2n) is 6.66. The molecule has 0 spiro atoms. The Bertz CT molecular complexity index is 582. The summed E-state index contributed by atoms with van der Waals surface area (Å²) in [5.41, 5.74) is -0.250. The monoisotopic (exact) mass is 293 g/mol. The van der Waals surface area contributed by atoms with E-state index in [9.17, 15) is 5.11 Å². The summed E-state index contributed by atoms with van der Waals surface area (Å²) >= 11 is 0. The molecule has 1 N–H and O–H groups in total. The van der Waals surface area contributed by atoms with Gasteiger partial charge in [-0.2, -0.15) is 0 Å². The Morgan fingerprint density at radius 2 is 1.86 bits per heavy atom. The fourth-order valence-corrected chi connectivity index (χ4v) is 3.58. The maximum Gasteiger partial charge on any atom is 0.0650 e. The minimum atomic E-state index is -0.650. The second-order valence-corrected chi connectivity index (χ2v) is 6.66. The van der Waals surface area contributed by atoms with Gasteiger partial charge in [0.15, 0.2) is 0 Å². The Balaban J connectivity index is 2.23. The summed E-state index contributed by atoms with van der Waals surface area (Å²) < 4.78 is 39.9. The molecule has 0 saturated heterocycles. The van der Waals surface area contributed by atoms with E-state index in [4.69, 9.17) is 6.85 Å². The van der Waals surface area contributed by atoms with Gasteiger partial charge >= 0.3 is 0 Å². The molecule has 2 rings (SSSR count). The first kappa shape index (κ1) is 10.8. The van der Waals surface area contributed by atoms with Gasteiger partial charge in [0.1, 0.15) is 0 Å². The van der Waals surface area contributed by atoms with Gasteiger partial charge in [0.25, 0.3) is 0 Å². The van der Waals surface area contributed by atoms with Crippen molar-refractivity contribution in [1.82, 2.24) is 0 Å². The highest BCUT2D eigenvalue weighted by atomic mass is 16.3. The average Bonchev–Trinajstić information content (AvgIpc) is 2.62. The van der Waals surface area contributed by atoms with Crippen molar-refractivity contribution < 1.29 is 12.0 Å². The topological polar surface area (TPSA) is 20.2 Å². The summed E-state index contributed by atoms with van der Waals surface area (Å²) in [6.45, 7) is 2.15. The fourth-order valence-electron chi connectivity index (χ4n) is 3.58. The van der Waals surface area contributed by atoms with Gasteiger partial charge in [0, 0.05) is 0 Å². The van der Waals surface area contributed by atoms with Gasteiger partial charge in [-0.15, -0.1) is 0 Å². The summed E-state index contributed by atoms with van der Waals surface area (Å²) in [4.78, 5) is 0. The quantitative estimate of drug-likeness (QED) is 0.626. The van der Waals surface area contributed by atoms with E-state index in [1.807, 2.05) is 0 Å². The number of hydrogen-bond donors (Lipinski definition) is 1. The molecule has 0 aliphatic heterocycles. The van der Waals surface area contributed by atoms with Crippen molar-refractivity contribution in [3.05, 3.63) is 35.8 Å². The molecule has 1 unspecified atom stereocenters.